The molecule has 174 valence electrons. The molecule has 0 radical (unpaired) electrons. The molecule has 2 fully saturated rings. The first-order valence-electron chi connectivity index (χ1n) is 11.5. The molecule has 0 spiro atoms. The third-order valence-corrected chi connectivity index (χ3v) is 6.52. The number of anilines is 1. The van der Waals surface area contributed by atoms with Gasteiger partial charge in [-0.2, -0.15) is 0 Å². The standard InChI is InChI=1S/C23H38N6O.HI/c1-18(2)19-7-9-20(10-8-19)27-23(24-3)26-13-11-22(30)29-16-14-28(15-17-29)21-6-4-5-12-25-21;/h4-6,12,18-20H,7-11,13-17H2,1-3H3,(H2,24,26,27);1H. The van der Waals surface area contributed by atoms with E-state index in [2.05, 4.69) is 39.4 Å². The molecule has 2 heterocycles. The summed E-state index contributed by atoms with van der Waals surface area (Å²) in [5.74, 6) is 3.64. The molecule has 0 atom stereocenters. The number of aliphatic imine (C=N–C) groups is 1. The van der Waals surface area contributed by atoms with Gasteiger partial charge in [-0.05, 0) is 49.7 Å². The molecule has 3 rings (SSSR count). The van der Waals surface area contributed by atoms with Crippen molar-refractivity contribution >= 4 is 41.7 Å². The van der Waals surface area contributed by atoms with Crippen LogP contribution in [0.5, 0.6) is 0 Å². The zero-order chi connectivity index (χ0) is 21.3. The van der Waals surface area contributed by atoms with Crippen molar-refractivity contribution in [1.29, 1.82) is 0 Å². The number of nitrogens with one attached hydrogen (secondary N) is 2. The Morgan fingerprint density at radius 2 is 1.87 bits per heavy atom. The fourth-order valence-corrected chi connectivity index (χ4v) is 4.49. The van der Waals surface area contributed by atoms with Gasteiger partial charge < -0.3 is 20.4 Å². The number of hydrogen-bond acceptors (Lipinski definition) is 4. The minimum Gasteiger partial charge on any atom is -0.356 e. The van der Waals surface area contributed by atoms with E-state index >= 15 is 0 Å². The third-order valence-electron chi connectivity index (χ3n) is 6.52. The molecule has 1 aromatic heterocycles. The van der Waals surface area contributed by atoms with Crippen LogP contribution in [0.2, 0.25) is 0 Å². The summed E-state index contributed by atoms with van der Waals surface area (Å²) in [6.07, 6.45) is 7.27. The van der Waals surface area contributed by atoms with Gasteiger partial charge in [-0.15, -0.1) is 24.0 Å². The van der Waals surface area contributed by atoms with Gasteiger partial charge in [0.25, 0.3) is 0 Å². The molecule has 8 heteroatoms. The van der Waals surface area contributed by atoms with Crippen LogP contribution in [0.1, 0.15) is 46.0 Å². The van der Waals surface area contributed by atoms with E-state index in [1.165, 1.54) is 25.7 Å². The van der Waals surface area contributed by atoms with Crippen LogP contribution < -0.4 is 15.5 Å². The van der Waals surface area contributed by atoms with Crippen molar-refractivity contribution in [3.8, 4) is 0 Å². The Balaban J connectivity index is 0.00000341. The Morgan fingerprint density at radius 3 is 2.45 bits per heavy atom. The topological polar surface area (TPSA) is 72.9 Å². The molecule has 7 nitrogen and oxygen atoms in total. The minimum atomic E-state index is 0. The quantitative estimate of drug-likeness (QED) is 0.329. The number of halogens is 1. The molecule has 31 heavy (non-hydrogen) atoms. The number of hydrogen-bond donors (Lipinski definition) is 2. The van der Waals surface area contributed by atoms with Crippen LogP contribution in [0.15, 0.2) is 29.4 Å². The van der Waals surface area contributed by atoms with Gasteiger partial charge in [0.1, 0.15) is 5.82 Å². The molecule has 0 aromatic carbocycles. The average molecular weight is 543 g/mol. The largest absolute Gasteiger partial charge is 0.356 e. The highest BCUT2D eigenvalue weighted by Crippen LogP contribution is 2.29. The second-order valence-corrected chi connectivity index (χ2v) is 8.80. The molecule has 1 amide bonds. The van der Waals surface area contributed by atoms with Crippen LogP contribution >= 0.6 is 24.0 Å². The molecule has 1 aromatic rings. The van der Waals surface area contributed by atoms with Crippen molar-refractivity contribution in [3.63, 3.8) is 0 Å². The summed E-state index contributed by atoms with van der Waals surface area (Å²) in [5, 5.41) is 6.87. The number of pyridine rings is 1. The number of carbonyl (C=O) groups is 1. The van der Waals surface area contributed by atoms with Crippen LogP contribution in [0.3, 0.4) is 0 Å². The van der Waals surface area contributed by atoms with Crippen molar-refractivity contribution in [2.24, 2.45) is 16.8 Å². The average Bonchev–Trinajstić information content (AvgIpc) is 2.79. The second kappa shape index (κ2) is 13.1. The summed E-state index contributed by atoms with van der Waals surface area (Å²) in [5.41, 5.74) is 0. The second-order valence-electron chi connectivity index (χ2n) is 8.80. The fourth-order valence-electron chi connectivity index (χ4n) is 4.49. The van der Waals surface area contributed by atoms with Crippen LogP contribution in [-0.2, 0) is 4.79 Å². The molecule has 1 saturated heterocycles. The number of piperazine rings is 1. The molecule has 2 aliphatic rings. The van der Waals surface area contributed by atoms with Crippen LogP contribution in [0.25, 0.3) is 0 Å². The van der Waals surface area contributed by atoms with Gasteiger partial charge in [0, 0.05) is 58.4 Å². The lowest BCUT2D eigenvalue weighted by molar-refractivity contribution is -0.131. The summed E-state index contributed by atoms with van der Waals surface area (Å²) in [4.78, 5) is 25.5. The van der Waals surface area contributed by atoms with E-state index in [1.54, 1.807) is 7.05 Å². The predicted octanol–water partition coefficient (Wildman–Crippen LogP) is 3.12. The Morgan fingerprint density at radius 1 is 1.16 bits per heavy atom. The smallest absolute Gasteiger partial charge is 0.224 e. The van der Waals surface area contributed by atoms with Crippen molar-refractivity contribution in [2.75, 3.05) is 44.7 Å². The number of guanidine groups is 1. The Bertz CT molecular complexity index is 683. The van der Waals surface area contributed by atoms with E-state index in [9.17, 15) is 4.79 Å². The highest BCUT2D eigenvalue weighted by molar-refractivity contribution is 14.0. The minimum absolute atomic E-state index is 0. The highest BCUT2D eigenvalue weighted by atomic mass is 127. The zero-order valence-corrected chi connectivity index (χ0v) is 21.5. The van der Waals surface area contributed by atoms with Gasteiger partial charge in [-0.25, -0.2) is 4.98 Å². The summed E-state index contributed by atoms with van der Waals surface area (Å²) in [6, 6.07) is 6.44. The van der Waals surface area contributed by atoms with Gasteiger partial charge in [-0.1, -0.05) is 19.9 Å². The molecular formula is C23H39IN6O. The van der Waals surface area contributed by atoms with Gasteiger partial charge in [0.15, 0.2) is 5.96 Å². The van der Waals surface area contributed by atoms with Gasteiger partial charge in [-0.3, -0.25) is 9.79 Å². The Labute approximate surface area is 204 Å². The summed E-state index contributed by atoms with van der Waals surface area (Å²) < 4.78 is 0. The van der Waals surface area contributed by atoms with E-state index in [0.717, 1.165) is 49.8 Å². The number of amides is 1. The molecule has 2 N–H and O–H groups in total. The normalized spacial score (nSPS) is 22.1. The van der Waals surface area contributed by atoms with Crippen LogP contribution in [0.4, 0.5) is 5.82 Å². The first-order valence-corrected chi connectivity index (χ1v) is 11.5. The van der Waals surface area contributed by atoms with Crippen molar-refractivity contribution < 1.29 is 4.79 Å². The van der Waals surface area contributed by atoms with Crippen LogP contribution in [0, 0.1) is 11.8 Å². The fraction of sp³-hybridized carbons (Fsp3) is 0.696. The lowest BCUT2D eigenvalue weighted by Gasteiger charge is -2.35. The lowest BCUT2D eigenvalue weighted by atomic mass is 9.80. The molecule has 1 aliphatic carbocycles. The summed E-state index contributed by atoms with van der Waals surface area (Å²) in [6.45, 7) is 8.43. The molecule has 0 unspecified atom stereocenters. The van der Waals surface area contributed by atoms with Crippen molar-refractivity contribution in [2.45, 2.75) is 52.0 Å². The maximum Gasteiger partial charge on any atom is 0.224 e. The number of carbonyl (C=O) groups excluding carboxylic acids is 1. The van der Waals surface area contributed by atoms with E-state index in [4.69, 9.17) is 0 Å². The zero-order valence-electron chi connectivity index (χ0n) is 19.2. The lowest BCUT2D eigenvalue weighted by Crippen LogP contribution is -2.50. The summed E-state index contributed by atoms with van der Waals surface area (Å²) >= 11 is 0. The monoisotopic (exact) mass is 542 g/mol. The maximum absolute atomic E-state index is 12.6. The van der Waals surface area contributed by atoms with Gasteiger partial charge in [0.05, 0.1) is 0 Å². The number of aromatic nitrogens is 1. The van der Waals surface area contributed by atoms with Crippen molar-refractivity contribution in [1.82, 2.24) is 20.5 Å². The molecule has 1 aliphatic heterocycles. The Hall–Kier alpha value is -1.58. The van der Waals surface area contributed by atoms with E-state index in [0.29, 0.717) is 19.0 Å². The van der Waals surface area contributed by atoms with Gasteiger partial charge >= 0.3 is 0 Å². The van der Waals surface area contributed by atoms with Gasteiger partial charge in [0.2, 0.25) is 5.91 Å². The van der Waals surface area contributed by atoms with E-state index in [1.807, 2.05) is 29.3 Å². The van der Waals surface area contributed by atoms with Crippen molar-refractivity contribution in [3.05, 3.63) is 24.4 Å². The SMILES string of the molecule is CN=C(NCCC(=O)N1CCN(c2ccccn2)CC1)NC1CCC(C(C)C)CC1.I. The molecular weight excluding hydrogens is 503 g/mol. The van der Waals surface area contributed by atoms with Crippen LogP contribution in [-0.4, -0.2) is 67.6 Å². The highest BCUT2D eigenvalue weighted by Gasteiger charge is 2.24. The maximum atomic E-state index is 12.6. The van der Waals surface area contributed by atoms with E-state index < -0.39 is 0 Å². The number of nitrogens with zero attached hydrogens (tertiary/aromatic N) is 4. The molecule has 0 bridgehead atoms. The first-order chi connectivity index (χ1) is 14.6. The predicted molar refractivity (Wildman–Crippen MR) is 138 cm³/mol. The number of rotatable bonds is 6. The molecule has 1 saturated carbocycles. The summed E-state index contributed by atoms with van der Waals surface area (Å²) in [7, 11) is 1.80. The first kappa shape index (κ1) is 25.7. The third kappa shape index (κ3) is 7.80. The van der Waals surface area contributed by atoms with E-state index in [-0.39, 0.29) is 29.9 Å². The Kier molecular flexibility index (Phi) is 10.8.